The van der Waals surface area contributed by atoms with E-state index in [-0.39, 0.29) is 6.04 Å². The molecule has 6 heteroatoms. The number of thiophene rings is 1. The number of rotatable bonds is 4. The molecule has 0 aliphatic carbocycles. The summed E-state index contributed by atoms with van der Waals surface area (Å²) in [5, 5.41) is 2.05. The van der Waals surface area contributed by atoms with Crippen LogP contribution >= 0.6 is 43.2 Å². The van der Waals surface area contributed by atoms with Crippen molar-refractivity contribution in [3.05, 3.63) is 49.0 Å². The normalized spacial score (nSPS) is 12.6. The molecule has 1 aromatic carbocycles. The number of hydrazine groups is 1. The number of hydrogen-bond acceptors (Lipinski definition) is 4. The largest absolute Gasteiger partial charge is 0.398 e. The summed E-state index contributed by atoms with van der Waals surface area (Å²) in [6.07, 6.45) is 0.801. The predicted octanol–water partition coefficient (Wildman–Crippen LogP) is 3.60. The van der Waals surface area contributed by atoms with Gasteiger partial charge in [0.2, 0.25) is 0 Å². The van der Waals surface area contributed by atoms with Crippen LogP contribution in [0, 0.1) is 0 Å². The van der Waals surface area contributed by atoms with E-state index in [1.165, 1.54) is 4.88 Å². The third-order valence-corrected chi connectivity index (χ3v) is 5.15. The minimum absolute atomic E-state index is 0.00236. The lowest BCUT2D eigenvalue weighted by molar-refractivity contribution is 0.556. The second-order valence-corrected chi connectivity index (χ2v) is 6.66. The monoisotopic (exact) mass is 389 g/mol. The Balaban J connectivity index is 2.28. The molecule has 96 valence electrons. The van der Waals surface area contributed by atoms with E-state index in [0.717, 1.165) is 26.6 Å². The zero-order valence-corrected chi connectivity index (χ0v) is 13.5. The van der Waals surface area contributed by atoms with Gasteiger partial charge in [0, 0.05) is 25.9 Å². The molecule has 0 bridgehead atoms. The fourth-order valence-corrected chi connectivity index (χ4v) is 3.70. The van der Waals surface area contributed by atoms with Crippen LogP contribution in [-0.4, -0.2) is 0 Å². The second-order valence-electron chi connectivity index (χ2n) is 3.89. The lowest BCUT2D eigenvalue weighted by Crippen LogP contribution is -2.30. The summed E-state index contributed by atoms with van der Waals surface area (Å²) in [6.45, 7) is 0. The van der Waals surface area contributed by atoms with Crippen LogP contribution in [0.1, 0.15) is 16.5 Å². The number of nitrogens with one attached hydrogen (secondary N) is 1. The van der Waals surface area contributed by atoms with E-state index in [2.05, 4.69) is 42.7 Å². The van der Waals surface area contributed by atoms with Crippen molar-refractivity contribution in [3.8, 4) is 0 Å². The van der Waals surface area contributed by atoms with E-state index >= 15 is 0 Å². The molecule has 0 aliphatic heterocycles. The topological polar surface area (TPSA) is 64.1 Å². The lowest BCUT2D eigenvalue weighted by Gasteiger charge is -2.18. The average molecular weight is 391 g/mol. The molecule has 0 amide bonds. The minimum atomic E-state index is -0.00236. The fraction of sp³-hybridized carbons (Fsp3) is 0.167. The van der Waals surface area contributed by atoms with Crippen molar-refractivity contribution in [3.63, 3.8) is 0 Å². The number of benzene rings is 1. The van der Waals surface area contributed by atoms with Crippen LogP contribution in [0.25, 0.3) is 0 Å². The molecule has 1 heterocycles. The Kier molecular flexibility index (Phi) is 4.80. The smallest absolute Gasteiger partial charge is 0.0529 e. The number of anilines is 1. The van der Waals surface area contributed by atoms with Gasteiger partial charge in [-0.1, -0.05) is 15.9 Å². The number of nitrogens with two attached hydrogens (primary N) is 2. The molecule has 5 N–H and O–H groups in total. The van der Waals surface area contributed by atoms with Crippen LogP contribution in [-0.2, 0) is 6.42 Å². The van der Waals surface area contributed by atoms with Crippen molar-refractivity contribution in [1.29, 1.82) is 0 Å². The maximum absolute atomic E-state index is 6.01. The molecule has 0 saturated carbocycles. The van der Waals surface area contributed by atoms with Crippen LogP contribution in [0.15, 0.2) is 38.6 Å². The first-order valence-corrected chi connectivity index (χ1v) is 7.81. The Morgan fingerprint density at radius 1 is 1.28 bits per heavy atom. The highest BCUT2D eigenvalue weighted by Gasteiger charge is 2.16. The molecule has 0 fully saturated rings. The van der Waals surface area contributed by atoms with Gasteiger partial charge in [0.25, 0.3) is 0 Å². The molecule has 0 radical (unpaired) electrons. The van der Waals surface area contributed by atoms with Gasteiger partial charge in [-0.05, 0) is 51.1 Å². The molecule has 2 aromatic rings. The molecule has 1 aromatic heterocycles. The summed E-state index contributed by atoms with van der Waals surface area (Å²) < 4.78 is 2.11. The number of hydrogen-bond donors (Lipinski definition) is 3. The first kappa shape index (κ1) is 14.0. The van der Waals surface area contributed by atoms with Crippen LogP contribution in [0.5, 0.6) is 0 Å². The van der Waals surface area contributed by atoms with Gasteiger partial charge in [0.1, 0.15) is 0 Å². The third-order valence-electron chi connectivity index (χ3n) is 2.71. The highest BCUT2D eigenvalue weighted by Crippen LogP contribution is 2.31. The molecule has 18 heavy (non-hydrogen) atoms. The van der Waals surface area contributed by atoms with Crippen molar-refractivity contribution in [2.75, 3.05) is 5.73 Å². The Morgan fingerprint density at radius 3 is 2.67 bits per heavy atom. The van der Waals surface area contributed by atoms with Gasteiger partial charge in [-0.25, -0.2) is 0 Å². The standard InChI is InChI=1S/C12H13Br2N3S/c13-7-1-2-10(15)8(5-7)11(17-16)6-12-9(14)3-4-18-12/h1-5,11,17H,6,15-16H2. The molecular formula is C12H13Br2N3S. The molecule has 1 unspecified atom stereocenters. The molecule has 0 saturated heterocycles. The number of halogens is 2. The summed E-state index contributed by atoms with van der Waals surface area (Å²) >= 11 is 8.69. The Labute approximate surface area is 127 Å². The van der Waals surface area contributed by atoms with Gasteiger partial charge >= 0.3 is 0 Å². The zero-order valence-electron chi connectivity index (χ0n) is 9.49. The van der Waals surface area contributed by atoms with Gasteiger partial charge in [-0.15, -0.1) is 11.3 Å². The molecule has 3 nitrogen and oxygen atoms in total. The first-order chi connectivity index (χ1) is 8.61. The van der Waals surface area contributed by atoms with Crippen molar-refractivity contribution in [2.24, 2.45) is 5.84 Å². The minimum Gasteiger partial charge on any atom is -0.398 e. The highest BCUT2D eigenvalue weighted by atomic mass is 79.9. The van der Waals surface area contributed by atoms with Gasteiger partial charge in [-0.2, -0.15) is 0 Å². The first-order valence-electron chi connectivity index (χ1n) is 5.34. The quantitative estimate of drug-likeness (QED) is 0.424. The van der Waals surface area contributed by atoms with Gasteiger partial charge in [0.15, 0.2) is 0 Å². The lowest BCUT2D eigenvalue weighted by atomic mass is 10.0. The molecule has 0 spiro atoms. The summed E-state index contributed by atoms with van der Waals surface area (Å²) in [5.74, 6) is 5.66. The van der Waals surface area contributed by atoms with Gasteiger partial charge in [-0.3, -0.25) is 11.3 Å². The van der Waals surface area contributed by atoms with E-state index in [9.17, 15) is 0 Å². The SMILES string of the molecule is NNC(Cc1sccc1Br)c1cc(Br)ccc1N. The van der Waals surface area contributed by atoms with Crippen molar-refractivity contribution in [1.82, 2.24) is 5.43 Å². The maximum Gasteiger partial charge on any atom is 0.0529 e. The highest BCUT2D eigenvalue weighted by molar-refractivity contribution is 9.10. The molecule has 0 aliphatic rings. The second kappa shape index (κ2) is 6.16. The maximum atomic E-state index is 6.01. The van der Waals surface area contributed by atoms with E-state index < -0.39 is 0 Å². The van der Waals surface area contributed by atoms with E-state index in [1.54, 1.807) is 11.3 Å². The zero-order chi connectivity index (χ0) is 13.1. The van der Waals surface area contributed by atoms with Crippen LogP contribution in [0.3, 0.4) is 0 Å². The Bertz CT molecular complexity index is 542. The van der Waals surface area contributed by atoms with Crippen LogP contribution in [0.4, 0.5) is 5.69 Å². The van der Waals surface area contributed by atoms with Crippen molar-refractivity contribution >= 4 is 48.9 Å². The third kappa shape index (κ3) is 3.13. The number of nitrogen functional groups attached to an aromatic ring is 1. The van der Waals surface area contributed by atoms with Gasteiger partial charge < -0.3 is 5.73 Å². The fourth-order valence-electron chi connectivity index (χ4n) is 1.76. The van der Waals surface area contributed by atoms with E-state index in [4.69, 9.17) is 11.6 Å². The molecular weight excluding hydrogens is 378 g/mol. The van der Waals surface area contributed by atoms with Gasteiger partial charge in [0.05, 0.1) is 6.04 Å². The molecule has 2 rings (SSSR count). The Morgan fingerprint density at radius 2 is 2.06 bits per heavy atom. The van der Waals surface area contributed by atoms with Crippen LogP contribution in [0.2, 0.25) is 0 Å². The van der Waals surface area contributed by atoms with Crippen molar-refractivity contribution < 1.29 is 0 Å². The predicted molar refractivity (Wildman–Crippen MR) is 84.3 cm³/mol. The van der Waals surface area contributed by atoms with E-state index in [0.29, 0.717) is 0 Å². The average Bonchev–Trinajstić information content (AvgIpc) is 2.75. The summed E-state index contributed by atoms with van der Waals surface area (Å²) in [4.78, 5) is 1.25. The van der Waals surface area contributed by atoms with Crippen molar-refractivity contribution in [2.45, 2.75) is 12.5 Å². The Hall–Kier alpha value is -0.400. The molecule has 1 atom stereocenters. The summed E-state index contributed by atoms with van der Waals surface area (Å²) in [6, 6.07) is 7.84. The van der Waals surface area contributed by atoms with E-state index in [1.807, 2.05) is 24.3 Å². The summed E-state index contributed by atoms with van der Waals surface area (Å²) in [7, 11) is 0. The summed E-state index contributed by atoms with van der Waals surface area (Å²) in [5.41, 5.74) is 10.6. The van der Waals surface area contributed by atoms with Crippen LogP contribution < -0.4 is 17.0 Å².